The summed E-state index contributed by atoms with van der Waals surface area (Å²) >= 11 is 6.04. The summed E-state index contributed by atoms with van der Waals surface area (Å²) in [5, 5.41) is 1.79. The van der Waals surface area contributed by atoms with Crippen molar-refractivity contribution in [2.24, 2.45) is 0 Å². The number of imidazole rings is 1. The van der Waals surface area contributed by atoms with Gasteiger partial charge in [-0.25, -0.2) is 4.98 Å². The first kappa shape index (κ1) is 12.4. The van der Waals surface area contributed by atoms with E-state index in [1.165, 1.54) is 0 Å². The molecule has 0 aliphatic carbocycles. The third kappa shape index (κ3) is 2.06. The fourth-order valence-corrected chi connectivity index (χ4v) is 2.79. The smallest absolute Gasteiger partial charge is 0.139 e. The molecule has 21 heavy (non-hydrogen) atoms. The standard InChI is InChI=1S/C17H12ClN3/c1-10-8-13(12-4-2-3-5-14(12)19-10)17-20-15-7-6-11(18)9-16(15)21-17/h2-9H,1H3,(H,20,21). The molecule has 0 fully saturated rings. The van der Waals surface area contributed by atoms with Crippen molar-refractivity contribution in [1.82, 2.24) is 15.0 Å². The molecule has 0 radical (unpaired) electrons. The number of para-hydroxylation sites is 1. The van der Waals surface area contributed by atoms with E-state index >= 15 is 0 Å². The van der Waals surface area contributed by atoms with E-state index in [2.05, 4.69) is 27.1 Å². The Morgan fingerprint density at radius 3 is 2.71 bits per heavy atom. The van der Waals surface area contributed by atoms with Crippen LogP contribution in [0.1, 0.15) is 5.69 Å². The van der Waals surface area contributed by atoms with Crippen LogP contribution in [0.4, 0.5) is 0 Å². The third-order valence-electron chi connectivity index (χ3n) is 3.54. The molecular formula is C17H12ClN3. The number of aromatic nitrogens is 3. The molecule has 0 amide bonds. The number of nitrogens with one attached hydrogen (secondary N) is 1. The molecule has 2 aromatic carbocycles. The molecule has 0 saturated carbocycles. The van der Waals surface area contributed by atoms with E-state index in [0.717, 1.165) is 39.0 Å². The van der Waals surface area contributed by atoms with E-state index in [9.17, 15) is 0 Å². The lowest BCUT2D eigenvalue weighted by Gasteiger charge is -2.05. The van der Waals surface area contributed by atoms with Crippen molar-refractivity contribution in [3.63, 3.8) is 0 Å². The van der Waals surface area contributed by atoms with Crippen LogP contribution in [0.3, 0.4) is 0 Å². The quantitative estimate of drug-likeness (QED) is 0.551. The normalized spacial score (nSPS) is 11.3. The fourth-order valence-electron chi connectivity index (χ4n) is 2.61. The largest absolute Gasteiger partial charge is 0.338 e. The van der Waals surface area contributed by atoms with Crippen molar-refractivity contribution < 1.29 is 0 Å². The first-order valence-corrected chi connectivity index (χ1v) is 7.10. The molecule has 2 aromatic heterocycles. The van der Waals surface area contributed by atoms with Crippen LogP contribution >= 0.6 is 11.6 Å². The Morgan fingerprint density at radius 2 is 1.81 bits per heavy atom. The summed E-state index contributed by atoms with van der Waals surface area (Å²) < 4.78 is 0. The van der Waals surface area contributed by atoms with Crippen LogP contribution in [0.2, 0.25) is 5.02 Å². The monoisotopic (exact) mass is 293 g/mol. The van der Waals surface area contributed by atoms with Crippen LogP contribution in [0.15, 0.2) is 48.5 Å². The third-order valence-corrected chi connectivity index (χ3v) is 3.78. The van der Waals surface area contributed by atoms with Gasteiger partial charge in [0.1, 0.15) is 5.82 Å². The molecule has 1 N–H and O–H groups in total. The van der Waals surface area contributed by atoms with E-state index in [0.29, 0.717) is 5.02 Å². The topological polar surface area (TPSA) is 41.6 Å². The summed E-state index contributed by atoms with van der Waals surface area (Å²) in [7, 11) is 0. The van der Waals surface area contributed by atoms with Gasteiger partial charge in [-0.1, -0.05) is 29.8 Å². The lowest BCUT2D eigenvalue weighted by atomic mass is 10.1. The number of fused-ring (bicyclic) bond motifs is 2. The van der Waals surface area contributed by atoms with E-state index in [1.54, 1.807) is 0 Å². The molecule has 3 nitrogen and oxygen atoms in total. The van der Waals surface area contributed by atoms with Crippen molar-refractivity contribution >= 4 is 33.5 Å². The molecule has 0 aliphatic heterocycles. The van der Waals surface area contributed by atoms with Crippen LogP contribution in [-0.4, -0.2) is 15.0 Å². The zero-order valence-electron chi connectivity index (χ0n) is 11.4. The highest BCUT2D eigenvalue weighted by atomic mass is 35.5. The SMILES string of the molecule is Cc1cc(-c2nc3ccc(Cl)cc3[nH]2)c2ccccc2n1. The fraction of sp³-hybridized carbons (Fsp3) is 0.0588. The Morgan fingerprint density at radius 1 is 0.952 bits per heavy atom. The Balaban J connectivity index is 2.03. The van der Waals surface area contributed by atoms with E-state index < -0.39 is 0 Å². The van der Waals surface area contributed by atoms with Crippen LogP contribution in [0, 0.1) is 6.92 Å². The molecule has 102 valence electrons. The Kier molecular flexibility index (Phi) is 2.69. The van der Waals surface area contributed by atoms with Gasteiger partial charge in [0.25, 0.3) is 0 Å². The van der Waals surface area contributed by atoms with Crippen LogP contribution < -0.4 is 0 Å². The van der Waals surface area contributed by atoms with Gasteiger partial charge < -0.3 is 4.98 Å². The summed E-state index contributed by atoms with van der Waals surface area (Å²) in [4.78, 5) is 12.6. The van der Waals surface area contributed by atoms with Crippen molar-refractivity contribution in [2.75, 3.05) is 0 Å². The highest BCUT2D eigenvalue weighted by Crippen LogP contribution is 2.28. The zero-order valence-corrected chi connectivity index (χ0v) is 12.1. The predicted molar refractivity (Wildman–Crippen MR) is 86.6 cm³/mol. The van der Waals surface area contributed by atoms with Gasteiger partial charge in [0, 0.05) is 21.7 Å². The van der Waals surface area contributed by atoms with E-state index in [4.69, 9.17) is 11.6 Å². The number of rotatable bonds is 1. The first-order chi connectivity index (χ1) is 10.2. The second-order valence-corrected chi connectivity index (χ2v) is 5.51. The number of H-pyrrole nitrogens is 1. The summed E-state index contributed by atoms with van der Waals surface area (Å²) in [6.07, 6.45) is 0. The number of benzene rings is 2. The lowest BCUT2D eigenvalue weighted by molar-refractivity contribution is 1.24. The molecule has 0 saturated heterocycles. The maximum atomic E-state index is 6.04. The van der Waals surface area contributed by atoms with Crippen LogP contribution in [0.25, 0.3) is 33.3 Å². The molecular weight excluding hydrogens is 282 g/mol. The summed E-state index contributed by atoms with van der Waals surface area (Å²) in [6, 6.07) is 15.8. The number of hydrogen-bond donors (Lipinski definition) is 1. The van der Waals surface area contributed by atoms with Crippen molar-refractivity contribution in [3.05, 3.63) is 59.2 Å². The summed E-state index contributed by atoms with van der Waals surface area (Å²) in [6.45, 7) is 2.00. The number of halogens is 1. The average Bonchev–Trinajstić information content (AvgIpc) is 2.89. The van der Waals surface area contributed by atoms with Crippen molar-refractivity contribution in [3.8, 4) is 11.4 Å². The molecule has 0 atom stereocenters. The Hall–Kier alpha value is -2.39. The maximum absolute atomic E-state index is 6.04. The highest BCUT2D eigenvalue weighted by Gasteiger charge is 2.10. The van der Waals surface area contributed by atoms with Crippen LogP contribution in [-0.2, 0) is 0 Å². The average molecular weight is 294 g/mol. The molecule has 4 rings (SSSR count). The van der Waals surface area contributed by atoms with Gasteiger partial charge in [-0.05, 0) is 37.3 Å². The van der Waals surface area contributed by atoms with E-state index in [1.807, 2.05) is 43.3 Å². The molecule has 0 bridgehead atoms. The molecule has 2 heterocycles. The van der Waals surface area contributed by atoms with Crippen molar-refractivity contribution in [2.45, 2.75) is 6.92 Å². The molecule has 4 heteroatoms. The molecule has 0 aliphatic rings. The minimum absolute atomic E-state index is 0.702. The van der Waals surface area contributed by atoms with Crippen molar-refractivity contribution in [1.29, 1.82) is 0 Å². The molecule has 0 unspecified atom stereocenters. The van der Waals surface area contributed by atoms with Gasteiger partial charge >= 0.3 is 0 Å². The van der Waals surface area contributed by atoms with E-state index in [-0.39, 0.29) is 0 Å². The minimum atomic E-state index is 0.702. The number of nitrogens with zero attached hydrogens (tertiary/aromatic N) is 2. The summed E-state index contributed by atoms with van der Waals surface area (Å²) in [5.74, 6) is 0.842. The zero-order chi connectivity index (χ0) is 14.4. The molecule has 4 aromatic rings. The van der Waals surface area contributed by atoms with Gasteiger partial charge in [-0.3, -0.25) is 4.98 Å². The van der Waals surface area contributed by atoms with Gasteiger partial charge in [-0.2, -0.15) is 0 Å². The van der Waals surface area contributed by atoms with Gasteiger partial charge in [-0.15, -0.1) is 0 Å². The predicted octanol–water partition coefficient (Wildman–Crippen LogP) is 4.74. The van der Waals surface area contributed by atoms with Gasteiger partial charge in [0.2, 0.25) is 0 Å². The Labute approximate surface area is 126 Å². The number of pyridine rings is 1. The van der Waals surface area contributed by atoms with Crippen LogP contribution in [0.5, 0.6) is 0 Å². The first-order valence-electron chi connectivity index (χ1n) is 6.73. The minimum Gasteiger partial charge on any atom is -0.338 e. The Bertz CT molecular complexity index is 972. The number of aryl methyl sites for hydroxylation is 1. The highest BCUT2D eigenvalue weighted by molar-refractivity contribution is 6.31. The summed E-state index contributed by atoms with van der Waals surface area (Å²) in [5.41, 5.74) is 4.86. The molecule has 0 spiro atoms. The maximum Gasteiger partial charge on any atom is 0.139 e. The lowest BCUT2D eigenvalue weighted by Crippen LogP contribution is -1.89. The second kappa shape index (κ2) is 4.57. The van der Waals surface area contributed by atoms with Gasteiger partial charge in [0.05, 0.1) is 16.6 Å². The number of hydrogen-bond acceptors (Lipinski definition) is 2. The second-order valence-electron chi connectivity index (χ2n) is 5.08. The van der Waals surface area contributed by atoms with Gasteiger partial charge in [0.15, 0.2) is 0 Å². The number of aromatic amines is 1.